The zero-order valence-electron chi connectivity index (χ0n) is 17.7. The number of thiazole rings is 1. The molecule has 1 unspecified atom stereocenters. The van der Waals surface area contributed by atoms with Gasteiger partial charge in [0.1, 0.15) is 11.9 Å². The largest absolute Gasteiger partial charge is 0.463 e. The monoisotopic (exact) mass is 557 g/mol. The number of carbonyl (C=O) groups is 1. The third-order valence-electron chi connectivity index (χ3n) is 5.23. The van der Waals surface area contributed by atoms with Gasteiger partial charge in [-0.2, -0.15) is 13.1 Å². The van der Waals surface area contributed by atoms with Crippen LogP contribution in [0.25, 0.3) is 0 Å². The molecule has 1 saturated heterocycles. The molecule has 2 atom stereocenters. The van der Waals surface area contributed by atoms with Gasteiger partial charge >= 0.3 is 5.97 Å². The van der Waals surface area contributed by atoms with Gasteiger partial charge in [-0.25, -0.2) is 18.9 Å². The summed E-state index contributed by atoms with van der Waals surface area (Å²) in [6.45, 7) is 2.12. The molecule has 0 bridgehead atoms. The van der Waals surface area contributed by atoms with E-state index in [1.807, 2.05) is 10.3 Å². The van der Waals surface area contributed by atoms with Crippen LogP contribution in [0.15, 0.2) is 50.5 Å². The van der Waals surface area contributed by atoms with Crippen molar-refractivity contribution >= 4 is 49.3 Å². The molecule has 0 radical (unpaired) electrons. The first-order valence-corrected chi connectivity index (χ1v) is 13.2. The first-order valence-electron chi connectivity index (χ1n) is 10.0. The van der Waals surface area contributed by atoms with Crippen molar-refractivity contribution < 1.29 is 22.3 Å². The summed E-state index contributed by atoms with van der Waals surface area (Å²) in [6.07, 6.45) is 1.89. The van der Waals surface area contributed by atoms with Gasteiger partial charge in [-0.05, 0) is 24.6 Å². The van der Waals surface area contributed by atoms with Crippen molar-refractivity contribution in [3.8, 4) is 0 Å². The number of aliphatic imine (C=N–C) groups is 1. The summed E-state index contributed by atoms with van der Waals surface area (Å²) in [4.78, 5) is 24.1. The number of esters is 1. The zero-order chi connectivity index (χ0) is 23.8. The van der Waals surface area contributed by atoms with Gasteiger partial charge in [0.05, 0.1) is 12.2 Å². The van der Waals surface area contributed by atoms with Crippen LogP contribution >= 0.6 is 27.3 Å². The quantitative estimate of drug-likeness (QED) is 0.505. The molecule has 0 saturated carbocycles. The van der Waals surface area contributed by atoms with Crippen LogP contribution in [0.3, 0.4) is 0 Å². The number of hydrogen-bond acceptors (Lipinski definition) is 8. The molecule has 0 aliphatic carbocycles. The van der Waals surface area contributed by atoms with Gasteiger partial charge in [0.2, 0.25) is 0 Å². The van der Waals surface area contributed by atoms with Crippen LogP contribution in [0.5, 0.6) is 0 Å². The predicted molar refractivity (Wildman–Crippen MR) is 125 cm³/mol. The number of rotatable bonds is 7. The van der Waals surface area contributed by atoms with Crippen LogP contribution in [-0.2, 0) is 19.7 Å². The van der Waals surface area contributed by atoms with Gasteiger partial charge in [-0.1, -0.05) is 22.0 Å². The highest BCUT2D eigenvalue weighted by Crippen LogP contribution is 2.42. The molecular weight excluding hydrogens is 537 g/mol. The SMILES string of the molecule is CCOC(=O)C1=C2CC(NS(=O)(=O)NC)CN2C(c2nccs2)=N[C@H]1c1ccc(F)cc1Br. The summed E-state index contributed by atoms with van der Waals surface area (Å²) in [5, 5.41) is 2.43. The van der Waals surface area contributed by atoms with Gasteiger partial charge in [0.15, 0.2) is 10.8 Å². The Morgan fingerprint density at radius 2 is 2.21 bits per heavy atom. The van der Waals surface area contributed by atoms with Crippen LogP contribution in [0.2, 0.25) is 0 Å². The minimum atomic E-state index is -3.71. The van der Waals surface area contributed by atoms with Gasteiger partial charge in [0, 0.05) is 47.8 Å². The zero-order valence-corrected chi connectivity index (χ0v) is 20.9. The van der Waals surface area contributed by atoms with Crippen LogP contribution in [0, 0.1) is 5.82 Å². The van der Waals surface area contributed by atoms with Crippen molar-refractivity contribution in [1.29, 1.82) is 0 Å². The lowest BCUT2D eigenvalue weighted by Crippen LogP contribution is -2.43. The molecule has 1 aromatic carbocycles. The lowest BCUT2D eigenvalue weighted by Gasteiger charge is -2.31. The first-order chi connectivity index (χ1) is 15.7. The summed E-state index contributed by atoms with van der Waals surface area (Å²) >= 11 is 4.77. The highest BCUT2D eigenvalue weighted by molar-refractivity contribution is 9.10. The predicted octanol–water partition coefficient (Wildman–Crippen LogP) is 2.49. The number of nitrogens with one attached hydrogen (secondary N) is 2. The summed E-state index contributed by atoms with van der Waals surface area (Å²) in [5.41, 5.74) is 1.47. The normalized spacial score (nSPS) is 20.6. The molecule has 4 rings (SSSR count). The molecule has 3 heterocycles. The number of halogens is 2. The lowest BCUT2D eigenvalue weighted by atomic mass is 9.94. The molecule has 2 aromatic rings. The minimum absolute atomic E-state index is 0.159. The summed E-state index contributed by atoms with van der Waals surface area (Å²) < 4.78 is 48.7. The van der Waals surface area contributed by atoms with E-state index in [4.69, 9.17) is 9.73 Å². The highest BCUT2D eigenvalue weighted by atomic mass is 79.9. The molecule has 1 aromatic heterocycles. The Labute approximate surface area is 203 Å². The molecular formula is C20H21BrFN5O4S2. The molecule has 2 aliphatic rings. The maximum absolute atomic E-state index is 13.8. The van der Waals surface area contributed by atoms with E-state index in [1.165, 1.54) is 30.5 Å². The van der Waals surface area contributed by atoms with Crippen LogP contribution in [-0.4, -0.2) is 56.3 Å². The Kier molecular flexibility index (Phi) is 6.96. The van der Waals surface area contributed by atoms with Crippen molar-refractivity contribution in [2.75, 3.05) is 20.2 Å². The number of nitrogens with zero attached hydrogens (tertiary/aromatic N) is 3. The molecule has 2 aliphatic heterocycles. The third kappa shape index (κ3) is 4.87. The number of fused-ring (bicyclic) bond motifs is 1. The second kappa shape index (κ2) is 9.58. The highest BCUT2D eigenvalue weighted by Gasteiger charge is 2.43. The number of amidine groups is 1. The first kappa shape index (κ1) is 24.0. The van der Waals surface area contributed by atoms with Crippen molar-refractivity contribution in [1.82, 2.24) is 19.3 Å². The smallest absolute Gasteiger partial charge is 0.338 e. The van der Waals surface area contributed by atoms with Crippen LogP contribution < -0.4 is 9.44 Å². The van der Waals surface area contributed by atoms with E-state index in [-0.39, 0.29) is 25.1 Å². The Hall–Kier alpha value is -2.19. The van der Waals surface area contributed by atoms with E-state index in [2.05, 4.69) is 30.4 Å². The van der Waals surface area contributed by atoms with E-state index >= 15 is 0 Å². The Morgan fingerprint density at radius 3 is 2.85 bits per heavy atom. The molecule has 33 heavy (non-hydrogen) atoms. The summed E-state index contributed by atoms with van der Waals surface area (Å²) in [7, 11) is -2.39. The van der Waals surface area contributed by atoms with E-state index in [0.29, 0.717) is 26.6 Å². The molecule has 176 valence electrons. The van der Waals surface area contributed by atoms with Crippen molar-refractivity contribution in [2.45, 2.75) is 25.4 Å². The van der Waals surface area contributed by atoms with Crippen molar-refractivity contribution in [2.24, 2.45) is 4.99 Å². The van der Waals surface area contributed by atoms with Crippen LogP contribution in [0.4, 0.5) is 4.39 Å². The molecule has 13 heteroatoms. The summed E-state index contributed by atoms with van der Waals surface area (Å²) in [5.74, 6) is -0.474. The number of ether oxygens (including phenoxy) is 1. The Morgan fingerprint density at radius 1 is 1.42 bits per heavy atom. The summed E-state index contributed by atoms with van der Waals surface area (Å²) in [6, 6.07) is 2.88. The molecule has 0 spiro atoms. The van der Waals surface area contributed by atoms with E-state index in [9.17, 15) is 17.6 Å². The minimum Gasteiger partial charge on any atom is -0.463 e. The second-order valence-electron chi connectivity index (χ2n) is 7.28. The van der Waals surface area contributed by atoms with E-state index < -0.39 is 34.1 Å². The van der Waals surface area contributed by atoms with Gasteiger partial charge < -0.3 is 9.64 Å². The molecule has 1 fully saturated rings. The maximum Gasteiger partial charge on any atom is 0.338 e. The standard InChI is InChI=1S/C20H21BrFN5O4S2/c1-3-31-20(28)16-15-9-12(26-33(29,30)23-2)10-27(15)18(19-24-6-7-32-19)25-17(16)13-5-4-11(22)8-14(13)21/h4-8,12,17,23,26H,3,9-10H2,1-2H3/t12?,17-/m0/s1. The Balaban J connectivity index is 1.88. The lowest BCUT2D eigenvalue weighted by molar-refractivity contribution is -0.139. The van der Waals surface area contributed by atoms with Crippen molar-refractivity contribution in [3.63, 3.8) is 0 Å². The number of hydrogen-bond donors (Lipinski definition) is 2. The van der Waals surface area contributed by atoms with Crippen molar-refractivity contribution in [3.05, 3.63) is 61.9 Å². The Bertz CT molecular complexity index is 1230. The molecule has 9 nitrogen and oxygen atoms in total. The topological polar surface area (TPSA) is 113 Å². The number of benzene rings is 1. The fourth-order valence-electron chi connectivity index (χ4n) is 3.87. The van der Waals surface area contributed by atoms with Gasteiger partial charge in [-0.15, -0.1) is 11.3 Å². The molecule has 0 amide bonds. The fourth-order valence-corrected chi connectivity index (χ4v) is 5.79. The average Bonchev–Trinajstić information content (AvgIpc) is 3.42. The average molecular weight is 558 g/mol. The van der Waals surface area contributed by atoms with E-state index in [0.717, 1.165) is 0 Å². The number of carbonyl (C=O) groups excluding carboxylic acids is 1. The number of aromatic nitrogens is 1. The van der Waals surface area contributed by atoms with Gasteiger partial charge in [-0.3, -0.25) is 4.99 Å². The van der Waals surface area contributed by atoms with Crippen LogP contribution in [0.1, 0.15) is 30.0 Å². The van der Waals surface area contributed by atoms with E-state index in [1.54, 1.807) is 19.2 Å². The second-order valence-corrected chi connectivity index (χ2v) is 10.7. The fraction of sp³-hybridized carbons (Fsp3) is 0.350. The maximum atomic E-state index is 13.8. The molecule has 2 N–H and O–H groups in total. The third-order valence-corrected chi connectivity index (χ3v) is 7.86. The van der Waals surface area contributed by atoms with Gasteiger partial charge in [0.25, 0.3) is 10.2 Å².